The highest BCUT2D eigenvalue weighted by molar-refractivity contribution is 5.65. The van der Waals surface area contributed by atoms with Crippen molar-refractivity contribution < 1.29 is 31.1 Å². The standard InChI is InChI=1S/2C21H30N.3C18H24N/c2*1-15(2)11-18-13-21(20-10-8-7-9-17(20)5)22(6)14-19(18)12-16(3)4;1-13(2)10-16-7-9-18(19(5)12-16)17-8-6-14(3)11-15(17)4;2*1-13(2)10-16-12-19(5)18(11-15(16)4)17-9-7-6-8-14(17)3/h2*7-10,13-16H,11-12H2,1-6H3;3*6-9,11-13H,10H2,1-5H3/q5*+1/i11D2,12D2;;;10D2;. The Bertz CT molecular complexity index is 4610. The minimum atomic E-state index is -1.62. The highest BCUT2D eigenvalue weighted by Crippen LogP contribution is 2.30. The van der Waals surface area contributed by atoms with Crippen molar-refractivity contribution in [2.75, 3.05) is 0 Å². The summed E-state index contributed by atoms with van der Waals surface area (Å²) in [4.78, 5) is 0. The van der Waals surface area contributed by atoms with E-state index < -0.39 is 19.1 Å². The first kappa shape index (κ1) is 72.6. The summed E-state index contributed by atoms with van der Waals surface area (Å²) in [7, 11) is 10.3. The third-order valence-corrected chi connectivity index (χ3v) is 18.2. The lowest BCUT2D eigenvalue weighted by Crippen LogP contribution is -2.32. The summed E-state index contributed by atoms with van der Waals surface area (Å²) >= 11 is 0. The number of benzene rings is 5. The summed E-state index contributed by atoms with van der Waals surface area (Å²) in [6, 6.07) is 53.4. The van der Waals surface area contributed by atoms with E-state index in [-0.39, 0.29) is 17.8 Å². The first-order valence-corrected chi connectivity index (χ1v) is 37.4. The zero-order chi connectivity index (χ0) is 79.9. The Labute approximate surface area is 624 Å². The smallest absolute Gasteiger partial charge is 0.201 e. The van der Waals surface area contributed by atoms with E-state index in [9.17, 15) is 0 Å². The van der Waals surface area contributed by atoms with E-state index in [1.54, 1.807) is 6.20 Å². The largest absolute Gasteiger partial charge is 0.212 e. The number of aryl methyl sites for hydroxylation is 13. The van der Waals surface area contributed by atoms with Crippen LogP contribution in [0.1, 0.15) is 189 Å². The number of nitrogens with zero attached hydrogens (tertiary/aromatic N) is 5. The van der Waals surface area contributed by atoms with Crippen molar-refractivity contribution in [3.05, 3.63) is 266 Å². The lowest BCUT2D eigenvalue weighted by molar-refractivity contribution is -0.661. The van der Waals surface area contributed by atoms with E-state index in [0.29, 0.717) is 34.8 Å². The van der Waals surface area contributed by atoms with Gasteiger partial charge in [-0.05, 0) is 228 Å². The van der Waals surface area contributed by atoms with Crippen LogP contribution in [0.4, 0.5) is 0 Å². The Morgan fingerprint density at radius 2 is 0.564 bits per heavy atom. The minimum Gasteiger partial charge on any atom is -0.201 e. The van der Waals surface area contributed by atoms with Gasteiger partial charge >= 0.3 is 0 Å². The van der Waals surface area contributed by atoms with E-state index in [4.69, 9.17) is 8.22 Å². The molecule has 536 valence electrons. The van der Waals surface area contributed by atoms with Gasteiger partial charge in [0.15, 0.2) is 31.0 Å². The Morgan fingerprint density at radius 3 is 0.960 bits per heavy atom. The maximum Gasteiger partial charge on any atom is 0.212 e. The van der Waals surface area contributed by atoms with E-state index >= 15 is 0 Å². The second kappa shape index (κ2) is 38.8. The number of hydrogen-bond donors (Lipinski definition) is 0. The molecule has 0 N–H and O–H groups in total. The van der Waals surface area contributed by atoms with Crippen LogP contribution in [0.5, 0.6) is 0 Å². The van der Waals surface area contributed by atoms with Gasteiger partial charge < -0.3 is 0 Å². The predicted molar refractivity (Wildman–Crippen MR) is 433 cm³/mol. The van der Waals surface area contributed by atoms with E-state index in [1.807, 2.05) is 127 Å². The lowest BCUT2D eigenvalue weighted by atomic mass is 9.92. The molecule has 0 bridgehead atoms. The van der Waals surface area contributed by atoms with Crippen molar-refractivity contribution in [2.24, 2.45) is 76.7 Å². The molecule has 0 aliphatic carbocycles. The quantitative estimate of drug-likeness (QED) is 0.0719. The molecule has 0 atom stereocenters. The van der Waals surface area contributed by atoms with Crippen LogP contribution >= 0.6 is 0 Å². The van der Waals surface area contributed by atoms with Crippen LogP contribution in [-0.2, 0) is 80.0 Å². The zero-order valence-electron chi connectivity index (χ0n) is 73.4. The fourth-order valence-corrected chi connectivity index (χ4v) is 13.3. The lowest BCUT2D eigenvalue weighted by Gasteiger charge is -2.14. The van der Waals surface area contributed by atoms with Gasteiger partial charge in [-0.15, -0.1) is 0 Å². The molecule has 5 heterocycles. The van der Waals surface area contributed by atoms with Crippen LogP contribution in [0.3, 0.4) is 0 Å². The fraction of sp³-hybridized carbons (Fsp3) is 0.427. The van der Waals surface area contributed by atoms with Crippen LogP contribution < -0.4 is 22.8 Å². The van der Waals surface area contributed by atoms with Gasteiger partial charge in [0.1, 0.15) is 35.2 Å². The van der Waals surface area contributed by atoms with Gasteiger partial charge in [0.05, 0.1) is 0 Å². The zero-order valence-corrected chi connectivity index (χ0v) is 67.4. The third kappa shape index (κ3) is 24.5. The third-order valence-electron chi connectivity index (χ3n) is 18.2. The molecule has 10 aromatic rings. The van der Waals surface area contributed by atoms with Crippen LogP contribution in [0.2, 0.25) is 0 Å². The summed E-state index contributed by atoms with van der Waals surface area (Å²) in [5.74, 6) is 2.20. The molecule has 0 unspecified atom stereocenters. The SMILES string of the molecule is Cc1cc(-c2ccccc2C)[n+](C)cc1CC(C)C.Cc1ccc(-c2ccc(CC(C)C)c[n+]2C)c(C)c1.Cc1ccccc1-c1cc(CC(C)C)c(CC(C)C)c[n+]1C.[2H]C([2H])(c1c[n+](C)c(-c2ccccc2C)cc1C)C(C)C.[2H]C([2H])(c1cc(-c2ccccc2C)[n+](C)cc1C([2H])([2H])C(C)C)C(C)C. The van der Waals surface area contributed by atoms with Crippen molar-refractivity contribution >= 4 is 0 Å². The summed E-state index contributed by atoms with van der Waals surface area (Å²) in [5, 5.41) is 0. The first-order chi connectivity index (χ1) is 50.0. The molecule has 0 radical (unpaired) electrons. The summed E-state index contributed by atoms with van der Waals surface area (Å²) < 4.78 is 61.9. The van der Waals surface area contributed by atoms with Gasteiger partial charge in [0.25, 0.3) is 0 Å². The predicted octanol–water partition coefficient (Wildman–Crippen LogP) is 21.7. The highest BCUT2D eigenvalue weighted by Gasteiger charge is 2.23. The van der Waals surface area contributed by atoms with Crippen LogP contribution in [0.15, 0.2) is 183 Å². The molecule has 5 heteroatoms. The van der Waals surface area contributed by atoms with Crippen molar-refractivity contribution in [3.63, 3.8) is 0 Å². The molecule has 5 aromatic heterocycles. The fourth-order valence-electron chi connectivity index (χ4n) is 13.3. The van der Waals surface area contributed by atoms with E-state index in [0.717, 1.165) is 59.3 Å². The number of aromatic nitrogens is 5. The average molecular weight is 1360 g/mol. The molecule has 5 aromatic carbocycles. The van der Waals surface area contributed by atoms with Gasteiger partial charge in [0, 0.05) is 94.2 Å². The van der Waals surface area contributed by atoms with E-state index in [2.05, 4.69) is 260 Å². The second-order valence-corrected chi connectivity index (χ2v) is 31.2. The molecule has 0 fully saturated rings. The first-order valence-electron chi connectivity index (χ1n) is 40.4. The van der Waals surface area contributed by atoms with Crippen molar-refractivity contribution in [1.29, 1.82) is 0 Å². The van der Waals surface area contributed by atoms with Gasteiger partial charge in [-0.25, -0.2) is 22.8 Å². The maximum absolute atomic E-state index is 8.66. The molecule has 101 heavy (non-hydrogen) atoms. The summed E-state index contributed by atoms with van der Waals surface area (Å²) in [5.41, 5.74) is 29.7. The van der Waals surface area contributed by atoms with Gasteiger partial charge in [-0.3, -0.25) is 0 Å². The monoisotopic (exact) mass is 1360 g/mol. The molecule has 5 nitrogen and oxygen atoms in total. The maximum atomic E-state index is 8.66. The summed E-state index contributed by atoms with van der Waals surface area (Å²) in [6.07, 6.45) is 10.7. The normalized spacial score (nSPS) is 12.5. The summed E-state index contributed by atoms with van der Waals surface area (Å²) in [6.45, 7) is 46.5. The van der Waals surface area contributed by atoms with Crippen molar-refractivity contribution in [2.45, 2.75) is 197 Å². The Kier molecular flexibility index (Phi) is 27.9. The van der Waals surface area contributed by atoms with Crippen molar-refractivity contribution in [3.8, 4) is 56.3 Å². The molecule has 10 rings (SSSR count). The Balaban J connectivity index is 0.000000210. The molecule has 0 saturated carbocycles. The number of pyridine rings is 5. The second-order valence-electron chi connectivity index (χ2n) is 31.2. The Morgan fingerprint density at radius 1 is 0.248 bits per heavy atom. The molecule has 0 aliphatic rings. The topological polar surface area (TPSA) is 19.4 Å². The molecule has 0 amide bonds. The van der Waals surface area contributed by atoms with Crippen LogP contribution in [-0.4, -0.2) is 0 Å². The average Bonchev–Trinajstić information content (AvgIpc) is 0.732. The molecule has 0 spiro atoms. The van der Waals surface area contributed by atoms with Crippen LogP contribution in [0.25, 0.3) is 56.3 Å². The van der Waals surface area contributed by atoms with Crippen molar-refractivity contribution in [1.82, 2.24) is 0 Å². The highest BCUT2D eigenvalue weighted by atomic mass is 14.9. The minimum absolute atomic E-state index is 0.0551. The molecular formula is C96H132N5+5. The Hall–Kier alpha value is -8.15. The van der Waals surface area contributed by atoms with Crippen LogP contribution in [0, 0.1) is 96.8 Å². The van der Waals surface area contributed by atoms with Gasteiger partial charge in [-0.1, -0.05) is 187 Å². The van der Waals surface area contributed by atoms with Gasteiger partial charge in [0.2, 0.25) is 28.5 Å². The van der Waals surface area contributed by atoms with Gasteiger partial charge in [-0.2, -0.15) is 0 Å². The molecule has 0 saturated heterocycles. The molecular weight excluding hydrogens is 1220 g/mol. The molecule has 0 aliphatic heterocycles. The number of rotatable bonds is 19. The number of hydrogen-bond acceptors (Lipinski definition) is 0. The van der Waals surface area contributed by atoms with E-state index in [1.165, 1.54) is 95.0 Å².